The Morgan fingerprint density at radius 1 is 1.29 bits per heavy atom. The van der Waals surface area contributed by atoms with Gasteiger partial charge in [-0.05, 0) is 13.3 Å². The number of ether oxygens (including phenoxy) is 2. The van der Waals surface area contributed by atoms with Crippen LogP contribution in [0.1, 0.15) is 41.5 Å². The topological polar surface area (TPSA) is 35.5 Å². The highest BCUT2D eigenvalue weighted by molar-refractivity contribution is 5.75. The molecule has 86 valence electrons. The average molecular weight is 204 g/mol. The first-order valence-corrected chi connectivity index (χ1v) is 4.27. The van der Waals surface area contributed by atoms with E-state index in [0.717, 1.165) is 6.42 Å². The summed E-state index contributed by atoms with van der Waals surface area (Å²) < 4.78 is 10.4. The maximum absolute atomic E-state index is 10.7. The first kappa shape index (κ1) is 16.0. The van der Waals surface area contributed by atoms with Crippen molar-refractivity contribution in [2.45, 2.75) is 41.5 Å². The number of carbonyl (C=O) groups excluding carboxylic acids is 1. The molecule has 3 heteroatoms. The fraction of sp³-hybridized carbons (Fsp3) is 0.909. The second kappa shape index (κ2) is 6.96. The van der Waals surface area contributed by atoms with E-state index in [1.807, 2.05) is 0 Å². The maximum atomic E-state index is 10.7. The van der Waals surface area contributed by atoms with Crippen LogP contribution in [0, 0.1) is 5.41 Å². The van der Waals surface area contributed by atoms with Gasteiger partial charge in [0.1, 0.15) is 12.6 Å². The zero-order valence-corrected chi connectivity index (χ0v) is 7.76. The SMILES string of the molecule is C.C.CC(=O)CCC1(C)COCOC1. The average Bonchev–Trinajstić information content (AvgIpc) is 2.03. The quantitative estimate of drug-likeness (QED) is 0.709. The highest BCUT2D eigenvalue weighted by atomic mass is 16.7. The number of carbonyl (C=O) groups is 1. The molecule has 0 N–H and O–H groups in total. The van der Waals surface area contributed by atoms with E-state index >= 15 is 0 Å². The third kappa shape index (κ3) is 5.35. The standard InChI is InChI=1S/C9H16O3.2CH4/c1-8(10)3-4-9(2)5-11-7-12-6-9;;/h3-7H2,1-2H3;2*1H4. The fourth-order valence-electron chi connectivity index (χ4n) is 1.30. The van der Waals surface area contributed by atoms with E-state index in [4.69, 9.17) is 9.47 Å². The van der Waals surface area contributed by atoms with Gasteiger partial charge in [-0.15, -0.1) is 0 Å². The van der Waals surface area contributed by atoms with Gasteiger partial charge in [-0.3, -0.25) is 0 Å². The van der Waals surface area contributed by atoms with Crippen LogP contribution in [0.25, 0.3) is 0 Å². The molecule has 0 radical (unpaired) electrons. The molecule has 0 aromatic carbocycles. The second-order valence-corrected chi connectivity index (χ2v) is 3.83. The van der Waals surface area contributed by atoms with Crippen LogP contribution >= 0.6 is 0 Å². The van der Waals surface area contributed by atoms with E-state index in [2.05, 4.69) is 6.92 Å². The van der Waals surface area contributed by atoms with Crippen molar-refractivity contribution >= 4 is 5.78 Å². The molecule has 0 aromatic rings. The molecule has 1 heterocycles. The predicted molar refractivity (Wildman–Crippen MR) is 58.3 cm³/mol. The molecule has 0 spiro atoms. The minimum absolute atomic E-state index is 0. The van der Waals surface area contributed by atoms with E-state index in [-0.39, 0.29) is 26.1 Å². The van der Waals surface area contributed by atoms with Crippen LogP contribution in [0.15, 0.2) is 0 Å². The summed E-state index contributed by atoms with van der Waals surface area (Å²) in [5.41, 5.74) is 0.0456. The molecule has 1 aliphatic rings. The van der Waals surface area contributed by atoms with Crippen LogP contribution < -0.4 is 0 Å². The lowest BCUT2D eigenvalue weighted by atomic mass is 9.86. The first-order valence-electron chi connectivity index (χ1n) is 4.27. The minimum Gasteiger partial charge on any atom is -0.355 e. The van der Waals surface area contributed by atoms with Crippen molar-refractivity contribution in [3.63, 3.8) is 0 Å². The molecule has 1 rings (SSSR count). The van der Waals surface area contributed by atoms with Crippen molar-refractivity contribution in [2.75, 3.05) is 20.0 Å². The number of ketones is 1. The molecule has 0 aromatic heterocycles. The Morgan fingerprint density at radius 3 is 2.21 bits per heavy atom. The van der Waals surface area contributed by atoms with Gasteiger partial charge in [-0.25, -0.2) is 0 Å². The van der Waals surface area contributed by atoms with Gasteiger partial charge in [-0.2, -0.15) is 0 Å². The molecular weight excluding hydrogens is 180 g/mol. The van der Waals surface area contributed by atoms with E-state index in [9.17, 15) is 4.79 Å². The Bertz CT molecular complexity index is 160. The normalized spacial score (nSPS) is 19.0. The summed E-state index contributed by atoms with van der Waals surface area (Å²) in [5.74, 6) is 0.238. The number of rotatable bonds is 3. The summed E-state index contributed by atoms with van der Waals surface area (Å²) in [5, 5.41) is 0. The maximum Gasteiger partial charge on any atom is 0.146 e. The van der Waals surface area contributed by atoms with Crippen LogP contribution in [0.4, 0.5) is 0 Å². The van der Waals surface area contributed by atoms with Gasteiger partial charge in [0, 0.05) is 11.8 Å². The minimum atomic E-state index is 0. The van der Waals surface area contributed by atoms with Crippen molar-refractivity contribution < 1.29 is 14.3 Å². The van der Waals surface area contributed by atoms with E-state index in [0.29, 0.717) is 26.4 Å². The summed E-state index contributed by atoms with van der Waals surface area (Å²) in [6, 6.07) is 0. The highest BCUT2D eigenvalue weighted by Gasteiger charge is 2.28. The third-order valence-electron chi connectivity index (χ3n) is 2.15. The summed E-state index contributed by atoms with van der Waals surface area (Å²) in [6.07, 6.45) is 1.49. The van der Waals surface area contributed by atoms with E-state index in [1.54, 1.807) is 6.92 Å². The smallest absolute Gasteiger partial charge is 0.146 e. The van der Waals surface area contributed by atoms with Crippen LogP contribution in [0.2, 0.25) is 0 Å². The largest absolute Gasteiger partial charge is 0.355 e. The van der Waals surface area contributed by atoms with Gasteiger partial charge in [0.05, 0.1) is 13.2 Å². The lowest BCUT2D eigenvalue weighted by molar-refractivity contribution is -0.161. The van der Waals surface area contributed by atoms with Gasteiger partial charge < -0.3 is 14.3 Å². The fourth-order valence-corrected chi connectivity index (χ4v) is 1.30. The van der Waals surface area contributed by atoms with Crippen LogP contribution in [-0.2, 0) is 14.3 Å². The predicted octanol–water partition coefficient (Wildman–Crippen LogP) is 2.64. The number of hydrogen-bond acceptors (Lipinski definition) is 3. The molecule has 1 aliphatic heterocycles. The third-order valence-corrected chi connectivity index (χ3v) is 2.15. The van der Waals surface area contributed by atoms with Crippen molar-refractivity contribution in [2.24, 2.45) is 5.41 Å². The number of hydrogen-bond donors (Lipinski definition) is 0. The van der Waals surface area contributed by atoms with Crippen molar-refractivity contribution in [3.8, 4) is 0 Å². The number of Topliss-reactive ketones (excluding diaryl/α,β-unsaturated/α-hetero) is 1. The zero-order chi connectivity index (χ0) is 9.03. The summed E-state index contributed by atoms with van der Waals surface area (Å²) >= 11 is 0. The molecule has 1 saturated heterocycles. The Kier molecular flexibility index (Phi) is 7.97. The Balaban J connectivity index is 0. The van der Waals surface area contributed by atoms with Gasteiger partial charge in [0.25, 0.3) is 0 Å². The molecule has 0 unspecified atom stereocenters. The summed E-state index contributed by atoms with van der Waals surface area (Å²) in [4.78, 5) is 10.7. The Labute approximate surface area is 87.8 Å². The molecule has 0 aliphatic carbocycles. The molecule has 3 nitrogen and oxygen atoms in total. The van der Waals surface area contributed by atoms with Crippen molar-refractivity contribution in [1.29, 1.82) is 0 Å². The lowest BCUT2D eigenvalue weighted by Crippen LogP contribution is -2.35. The van der Waals surface area contributed by atoms with E-state index in [1.165, 1.54) is 0 Å². The van der Waals surface area contributed by atoms with Crippen molar-refractivity contribution in [3.05, 3.63) is 0 Å². The molecule has 0 saturated carbocycles. The second-order valence-electron chi connectivity index (χ2n) is 3.83. The summed E-state index contributed by atoms with van der Waals surface area (Å²) in [7, 11) is 0. The Hall–Kier alpha value is -0.410. The molecule has 0 amide bonds. The zero-order valence-electron chi connectivity index (χ0n) is 7.76. The van der Waals surface area contributed by atoms with Crippen LogP contribution in [0.3, 0.4) is 0 Å². The van der Waals surface area contributed by atoms with Gasteiger partial charge >= 0.3 is 0 Å². The highest BCUT2D eigenvalue weighted by Crippen LogP contribution is 2.26. The van der Waals surface area contributed by atoms with Crippen molar-refractivity contribution in [1.82, 2.24) is 0 Å². The Morgan fingerprint density at radius 2 is 1.79 bits per heavy atom. The van der Waals surface area contributed by atoms with Gasteiger partial charge in [0.15, 0.2) is 0 Å². The lowest BCUT2D eigenvalue weighted by Gasteiger charge is -2.32. The van der Waals surface area contributed by atoms with E-state index < -0.39 is 0 Å². The van der Waals surface area contributed by atoms with Crippen LogP contribution in [-0.4, -0.2) is 25.8 Å². The monoisotopic (exact) mass is 204 g/mol. The molecule has 0 bridgehead atoms. The molecule has 1 fully saturated rings. The van der Waals surface area contributed by atoms with Crippen LogP contribution in [0.5, 0.6) is 0 Å². The summed E-state index contributed by atoms with van der Waals surface area (Å²) in [6.45, 7) is 5.53. The van der Waals surface area contributed by atoms with Gasteiger partial charge in [-0.1, -0.05) is 21.8 Å². The molecule has 14 heavy (non-hydrogen) atoms. The first-order chi connectivity index (χ1) is 5.62. The van der Waals surface area contributed by atoms with Gasteiger partial charge in [0.2, 0.25) is 0 Å². The molecule has 0 atom stereocenters. The molecular formula is C11H24O3.